The zero-order chi connectivity index (χ0) is 16.5. The fourth-order valence-corrected chi connectivity index (χ4v) is 1.70. The summed E-state index contributed by atoms with van der Waals surface area (Å²) in [5.41, 5.74) is 1.40. The summed E-state index contributed by atoms with van der Waals surface area (Å²) in [6.45, 7) is 6.95. The first kappa shape index (κ1) is 24.6. The molecule has 0 bridgehead atoms. The van der Waals surface area contributed by atoms with Gasteiger partial charge in [-0.05, 0) is 30.2 Å². The van der Waals surface area contributed by atoms with Crippen LogP contribution in [0.3, 0.4) is 0 Å². The molecule has 0 atom stereocenters. The fraction of sp³-hybridized carbons (Fsp3) is 0.188. The summed E-state index contributed by atoms with van der Waals surface area (Å²) >= 11 is 0. The molecule has 0 aliphatic carbocycles. The number of nitrogens with zero attached hydrogens (tertiary/aromatic N) is 3. The van der Waals surface area contributed by atoms with Crippen molar-refractivity contribution in [3.63, 3.8) is 0 Å². The van der Waals surface area contributed by atoms with Crippen LogP contribution in [-0.2, 0) is 6.42 Å². The topological polar surface area (TPSA) is 89.1 Å². The number of nitriles is 1. The summed E-state index contributed by atoms with van der Waals surface area (Å²) in [5, 5.41) is 19.5. The van der Waals surface area contributed by atoms with E-state index in [4.69, 9.17) is 10.00 Å². The zero-order valence-corrected chi connectivity index (χ0v) is 16.5. The molecule has 1 aromatic heterocycles. The Morgan fingerprint density at radius 3 is 2.46 bits per heavy atom. The maximum Gasteiger partial charge on any atom is 2.00 e. The van der Waals surface area contributed by atoms with E-state index in [0.29, 0.717) is 17.7 Å². The van der Waals surface area contributed by atoms with Crippen LogP contribution in [0.1, 0.15) is 25.0 Å². The van der Waals surface area contributed by atoms with Crippen molar-refractivity contribution in [2.75, 3.05) is 0 Å². The Morgan fingerprint density at radius 1 is 1.33 bits per heavy atom. The number of hydrogen-bond donors (Lipinski definition) is 0. The third-order valence-corrected chi connectivity index (χ3v) is 2.73. The molecule has 24 heavy (non-hydrogen) atoms. The number of halogens is 1. The first-order chi connectivity index (χ1) is 10.6. The molecule has 0 unspecified atom stereocenters. The van der Waals surface area contributed by atoms with E-state index in [0.717, 1.165) is 11.8 Å². The van der Waals surface area contributed by atoms with Crippen LogP contribution in [0.2, 0.25) is 0 Å². The van der Waals surface area contributed by atoms with Crippen molar-refractivity contribution in [1.82, 2.24) is 4.98 Å². The van der Waals surface area contributed by atoms with Crippen molar-refractivity contribution in [1.29, 1.82) is 5.26 Å². The van der Waals surface area contributed by atoms with Crippen LogP contribution in [0.25, 0.3) is 0 Å². The molecule has 0 saturated carbocycles. The third-order valence-electron chi connectivity index (χ3n) is 2.73. The molecule has 2 rings (SSSR count). The SMILES string of the molecule is CCc1cc(Oc2ccc([N+](=O)[O-])cn2)ccc1C#N.[Br-].[CH2-]C.[Mg+2]. The van der Waals surface area contributed by atoms with E-state index in [2.05, 4.69) is 18.0 Å². The summed E-state index contributed by atoms with van der Waals surface area (Å²) in [4.78, 5) is 13.9. The standard InChI is InChI=1S/C14H11N3O3.C2H5.BrH.Mg/c1-2-10-7-13(5-3-11(10)8-15)20-14-6-4-12(9-16-14)17(18)19;1-2;;/h3-7,9H,2H2,1H3;1H2,2H3;1H;/q;-1;;+2/p-1. The number of rotatable bonds is 4. The Bertz CT molecular complexity index is 688. The summed E-state index contributed by atoms with van der Waals surface area (Å²) in [7, 11) is 0. The molecule has 0 aliphatic rings. The second-order valence-electron chi connectivity index (χ2n) is 4.00. The first-order valence-corrected chi connectivity index (χ1v) is 6.66. The number of pyridine rings is 1. The van der Waals surface area contributed by atoms with Gasteiger partial charge in [0.2, 0.25) is 5.88 Å². The number of aromatic nitrogens is 1. The molecule has 0 saturated heterocycles. The van der Waals surface area contributed by atoms with Gasteiger partial charge < -0.3 is 28.6 Å². The smallest absolute Gasteiger partial charge is 1.00 e. The Morgan fingerprint density at radius 2 is 2.00 bits per heavy atom. The normalized spacial score (nSPS) is 8.42. The quantitative estimate of drug-likeness (QED) is 0.325. The Balaban J connectivity index is 0. The van der Waals surface area contributed by atoms with Gasteiger partial charge in [0.1, 0.15) is 11.9 Å². The Kier molecular flexibility index (Phi) is 13.0. The zero-order valence-electron chi connectivity index (χ0n) is 13.5. The van der Waals surface area contributed by atoms with E-state index in [1.54, 1.807) is 25.1 Å². The molecule has 1 heterocycles. The van der Waals surface area contributed by atoms with Gasteiger partial charge >= 0.3 is 23.1 Å². The van der Waals surface area contributed by atoms with E-state index in [1.807, 2.05) is 6.92 Å². The summed E-state index contributed by atoms with van der Waals surface area (Å²) in [6.07, 6.45) is 1.85. The third kappa shape index (κ3) is 6.82. The predicted molar refractivity (Wildman–Crippen MR) is 88.3 cm³/mol. The molecule has 0 N–H and O–H groups in total. The van der Waals surface area contributed by atoms with Crippen molar-refractivity contribution < 1.29 is 26.6 Å². The van der Waals surface area contributed by atoms with Gasteiger partial charge in [0.25, 0.3) is 5.69 Å². The molecule has 2 aromatic rings. The van der Waals surface area contributed by atoms with Crippen molar-refractivity contribution in [3.8, 4) is 17.7 Å². The minimum absolute atomic E-state index is 0. The minimum atomic E-state index is -0.520. The number of nitro groups is 1. The second kappa shape index (κ2) is 12.7. The molecule has 0 amide bonds. The molecule has 1 aromatic carbocycles. The van der Waals surface area contributed by atoms with Gasteiger partial charge in [0, 0.05) is 12.1 Å². The molecule has 122 valence electrons. The first-order valence-electron chi connectivity index (χ1n) is 6.66. The van der Waals surface area contributed by atoms with Gasteiger partial charge in [-0.15, -0.1) is 0 Å². The average molecular weight is 403 g/mol. The van der Waals surface area contributed by atoms with E-state index in [1.165, 1.54) is 12.1 Å². The average Bonchev–Trinajstić information content (AvgIpc) is 2.57. The monoisotopic (exact) mass is 401 g/mol. The molecule has 0 radical (unpaired) electrons. The predicted octanol–water partition coefficient (Wildman–Crippen LogP) is 0.680. The maximum atomic E-state index is 10.5. The molecule has 6 nitrogen and oxygen atoms in total. The van der Waals surface area contributed by atoms with Gasteiger partial charge in [-0.3, -0.25) is 10.1 Å². The van der Waals surface area contributed by atoms with Crippen LogP contribution < -0.4 is 21.7 Å². The van der Waals surface area contributed by atoms with E-state index in [9.17, 15) is 10.1 Å². The number of benzene rings is 1. The van der Waals surface area contributed by atoms with Gasteiger partial charge in [-0.1, -0.05) is 6.92 Å². The van der Waals surface area contributed by atoms with Crippen LogP contribution in [0.5, 0.6) is 11.6 Å². The molecular weight excluding hydrogens is 386 g/mol. The van der Waals surface area contributed by atoms with Crippen LogP contribution in [0, 0.1) is 28.4 Å². The largest absolute Gasteiger partial charge is 2.00 e. The fourth-order valence-electron chi connectivity index (χ4n) is 1.70. The second-order valence-corrected chi connectivity index (χ2v) is 4.00. The van der Waals surface area contributed by atoms with E-state index >= 15 is 0 Å². The summed E-state index contributed by atoms with van der Waals surface area (Å²) < 4.78 is 5.51. The van der Waals surface area contributed by atoms with Gasteiger partial charge in [0.05, 0.1) is 16.6 Å². The maximum absolute atomic E-state index is 10.5. The van der Waals surface area contributed by atoms with Crippen LogP contribution in [0.4, 0.5) is 5.69 Å². The Labute approximate surface area is 167 Å². The van der Waals surface area contributed by atoms with Crippen LogP contribution in [-0.4, -0.2) is 33.0 Å². The Hall–Kier alpha value is -1.69. The molecule has 0 spiro atoms. The molecule has 0 fully saturated rings. The van der Waals surface area contributed by atoms with Crippen molar-refractivity contribution in [2.45, 2.75) is 20.3 Å². The number of hydrogen-bond acceptors (Lipinski definition) is 5. The molecule has 8 heteroatoms. The van der Waals surface area contributed by atoms with Gasteiger partial charge in [0.15, 0.2) is 0 Å². The minimum Gasteiger partial charge on any atom is -1.00 e. The summed E-state index contributed by atoms with van der Waals surface area (Å²) in [5.74, 6) is 0.810. The van der Waals surface area contributed by atoms with Crippen molar-refractivity contribution in [3.05, 3.63) is 64.7 Å². The molecule has 0 aliphatic heterocycles. The van der Waals surface area contributed by atoms with Crippen molar-refractivity contribution in [2.24, 2.45) is 0 Å². The van der Waals surface area contributed by atoms with Crippen LogP contribution in [0.15, 0.2) is 36.5 Å². The molecular formula is C16H16BrMgN3O3. The summed E-state index contributed by atoms with van der Waals surface area (Å²) in [6, 6.07) is 9.98. The van der Waals surface area contributed by atoms with Crippen molar-refractivity contribution >= 4 is 28.7 Å². The number of ether oxygens (including phenoxy) is 1. The van der Waals surface area contributed by atoms with Crippen LogP contribution >= 0.6 is 0 Å². The van der Waals surface area contributed by atoms with Gasteiger partial charge in [-0.25, -0.2) is 4.98 Å². The number of aryl methyl sites for hydroxylation is 1. The van der Waals surface area contributed by atoms with E-state index in [-0.39, 0.29) is 51.6 Å². The van der Waals surface area contributed by atoms with Gasteiger partial charge in [-0.2, -0.15) is 12.2 Å². The van der Waals surface area contributed by atoms with E-state index < -0.39 is 4.92 Å².